The fourth-order valence-electron chi connectivity index (χ4n) is 5.60. The Kier molecular flexibility index (Phi) is 12.1. The number of benzene rings is 2. The van der Waals surface area contributed by atoms with Crippen molar-refractivity contribution in [2.45, 2.75) is 82.1 Å². The molecule has 260 valence electrons. The number of amides is 2. The Bertz CT molecular complexity index is 1430. The minimum absolute atomic E-state index is 0.0451. The van der Waals surface area contributed by atoms with Gasteiger partial charge in [0.2, 0.25) is 10.0 Å². The predicted molar refractivity (Wildman–Crippen MR) is 172 cm³/mol. The molecule has 3 N–H and O–H groups in total. The molecule has 0 aliphatic carbocycles. The Hall–Kier alpha value is -3.43. The normalized spacial score (nSPS) is 22.4. The zero-order valence-electron chi connectivity index (χ0n) is 27.8. The predicted octanol–water partition coefficient (Wildman–Crippen LogP) is 3.30. The lowest BCUT2D eigenvalue weighted by molar-refractivity contribution is -0.0908. The van der Waals surface area contributed by atoms with Gasteiger partial charge in [-0.3, -0.25) is 0 Å². The van der Waals surface area contributed by atoms with Crippen molar-refractivity contribution in [2.24, 2.45) is 11.8 Å². The molecule has 2 aliphatic rings. The standard InChI is InChI=1S/C33H47N3O10S/c1-21(2)17-36(47(40,41)24-14-12-23(42-6)13-15-24)18-27(37)25(16-22-10-8-7-9-11-22)34-31(38)45-28-20-44-30-29(28)26(19-43-30)35-32(39)46-33(3,4)5/h7-15,21,25-30,37H,16-20H2,1-6H3,(H,34,38)(H,35,39)/t25-,26-,27+,28-,29-,30+/m0/s1. The van der Waals surface area contributed by atoms with Gasteiger partial charge < -0.3 is 39.4 Å². The summed E-state index contributed by atoms with van der Waals surface area (Å²) in [7, 11) is -2.51. The number of fused-ring (bicyclic) bond motifs is 1. The summed E-state index contributed by atoms with van der Waals surface area (Å²) in [6, 6.07) is 13.8. The maximum atomic E-state index is 13.7. The van der Waals surface area contributed by atoms with Crippen molar-refractivity contribution in [2.75, 3.05) is 33.4 Å². The lowest BCUT2D eigenvalue weighted by Gasteiger charge is -2.31. The fourth-order valence-corrected chi connectivity index (χ4v) is 7.22. The number of alkyl carbamates (subject to hydrolysis) is 2. The van der Waals surface area contributed by atoms with E-state index in [-0.39, 0.29) is 43.5 Å². The molecule has 2 fully saturated rings. The summed E-state index contributed by atoms with van der Waals surface area (Å²) in [5, 5.41) is 17.1. The number of hydrogen-bond donors (Lipinski definition) is 3. The lowest BCUT2D eigenvalue weighted by Crippen LogP contribution is -2.52. The molecular formula is C33H47N3O10S. The van der Waals surface area contributed by atoms with Crippen molar-refractivity contribution in [3.63, 3.8) is 0 Å². The number of carbonyl (C=O) groups excluding carboxylic acids is 2. The summed E-state index contributed by atoms with van der Waals surface area (Å²) >= 11 is 0. The Labute approximate surface area is 276 Å². The first-order valence-electron chi connectivity index (χ1n) is 15.7. The smallest absolute Gasteiger partial charge is 0.407 e. The second kappa shape index (κ2) is 15.6. The van der Waals surface area contributed by atoms with E-state index >= 15 is 0 Å². The summed E-state index contributed by atoms with van der Waals surface area (Å²) < 4.78 is 56.4. The number of nitrogens with one attached hydrogen (secondary N) is 2. The molecule has 2 aromatic carbocycles. The maximum Gasteiger partial charge on any atom is 0.407 e. The SMILES string of the molecule is COc1ccc(S(=O)(=O)N(CC(C)C)C[C@@H](O)[C@H](Cc2ccccc2)NC(=O)O[C@H]2CO[C@H]3OC[C@H](NC(=O)OC(C)(C)C)[C@H]32)cc1. The van der Waals surface area contributed by atoms with Crippen LogP contribution in [0.2, 0.25) is 0 Å². The molecule has 0 bridgehead atoms. The summed E-state index contributed by atoms with van der Waals surface area (Å²) in [6.45, 7) is 9.09. The molecule has 2 saturated heterocycles. The first-order valence-corrected chi connectivity index (χ1v) is 17.2. The van der Waals surface area contributed by atoms with Crippen LogP contribution >= 0.6 is 0 Å². The molecule has 2 heterocycles. The number of methoxy groups -OCH3 is 1. The van der Waals surface area contributed by atoms with Gasteiger partial charge in [0.15, 0.2) is 6.29 Å². The summed E-state index contributed by atoms with van der Waals surface area (Å²) in [5.41, 5.74) is 0.124. The molecule has 47 heavy (non-hydrogen) atoms. The van der Waals surface area contributed by atoms with Crippen molar-refractivity contribution >= 4 is 22.2 Å². The van der Waals surface area contributed by atoms with Crippen LogP contribution in [0, 0.1) is 11.8 Å². The van der Waals surface area contributed by atoms with Gasteiger partial charge in [-0.25, -0.2) is 18.0 Å². The zero-order chi connectivity index (χ0) is 34.4. The van der Waals surface area contributed by atoms with Gasteiger partial charge in [0.25, 0.3) is 0 Å². The van der Waals surface area contributed by atoms with Crippen LogP contribution in [-0.2, 0) is 35.4 Å². The van der Waals surface area contributed by atoms with E-state index in [0.717, 1.165) is 5.56 Å². The van der Waals surface area contributed by atoms with E-state index in [1.165, 1.54) is 23.5 Å². The number of aliphatic hydroxyl groups is 1. The number of ether oxygens (including phenoxy) is 5. The van der Waals surface area contributed by atoms with E-state index < -0.39 is 64.3 Å². The van der Waals surface area contributed by atoms with Crippen LogP contribution in [0.5, 0.6) is 5.75 Å². The van der Waals surface area contributed by atoms with E-state index in [2.05, 4.69) is 10.6 Å². The van der Waals surface area contributed by atoms with Gasteiger partial charge in [-0.1, -0.05) is 44.2 Å². The minimum Gasteiger partial charge on any atom is -0.497 e. The number of nitrogens with zero attached hydrogens (tertiary/aromatic N) is 1. The fraction of sp³-hybridized carbons (Fsp3) is 0.576. The highest BCUT2D eigenvalue weighted by Crippen LogP contribution is 2.34. The highest BCUT2D eigenvalue weighted by molar-refractivity contribution is 7.89. The van der Waals surface area contributed by atoms with Gasteiger partial charge in [0.1, 0.15) is 17.5 Å². The molecule has 0 saturated carbocycles. The van der Waals surface area contributed by atoms with Crippen LogP contribution < -0.4 is 15.4 Å². The second-order valence-electron chi connectivity index (χ2n) is 13.2. The molecule has 0 aromatic heterocycles. The second-order valence-corrected chi connectivity index (χ2v) is 15.1. The van der Waals surface area contributed by atoms with Crippen molar-refractivity contribution in [1.82, 2.24) is 14.9 Å². The number of carbonyl (C=O) groups is 2. The van der Waals surface area contributed by atoms with Gasteiger partial charge in [-0.15, -0.1) is 0 Å². The van der Waals surface area contributed by atoms with E-state index in [9.17, 15) is 23.1 Å². The quantitative estimate of drug-likeness (QED) is 0.287. The number of rotatable bonds is 13. The third kappa shape index (κ3) is 10.0. The van der Waals surface area contributed by atoms with E-state index in [4.69, 9.17) is 23.7 Å². The Balaban J connectivity index is 1.49. The van der Waals surface area contributed by atoms with Gasteiger partial charge in [0.05, 0.1) is 49.3 Å². The number of aliphatic hydroxyl groups excluding tert-OH is 1. The lowest BCUT2D eigenvalue weighted by atomic mass is 9.98. The van der Waals surface area contributed by atoms with Crippen LogP contribution in [0.3, 0.4) is 0 Å². The molecule has 0 unspecified atom stereocenters. The summed E-state index contributed by atoms with van der Waals surface area (Å²) in [6.07, 6.45) is -3.98. The largest absolute Gasteiger partial charge is 0.497 e. The number of sulfonamides is 1. The van der Waals surface area contributed by atoms with Gasteiger partial charge in [0, 0.05) is 13.1 Å². The number of hydrogen-bond acceptors (Lipinski definition) is 10. The molecule has 14 heteroatoms. The highest BCUT2D eigenvalue weighted by atomic mass is 32.2. The summed E-state index contributed by atoms with van der Waals surface area (Å²) in [5.74, 6) is -0.0195. The van der Waals surface area contributed by atoms with Crippen molar-refractivity contribution in [3.8, 4) is 5.75 Å². The molecule has 6 atom stereocenters. The highest BCUT2D eigenvalue weighted by Gasteiger charge is 2.51. The average molecular weight is 678 g/mol. The van der Waals surface area contributed by atoms with Crippen LogP contribution in [0.4, 0.5) is 9.59 Å². The Morgan fingerprint density at radius 2 is 1.66 bits per heavy atom. The molecule has 2 amide bonds. The van der Waals surface area contributed by atoms with Crippen LogP contribution in [-0.4, -0.2) is 99.6 Å². The monoisotopic (exact) mass is 677 g/mol. The summed E-state index contributed by atoms with van der Waals surface area (Å²) in [4.78, 5) is 25.9. The van der Waals surface area contributed by atoms with Crippen molar-refractivity contribution < 1.29 is 46.8 Å². The third-order valence-electron chi connectivity index (χ3n) is 7.76. The van der Waals surface area contributed by atoms with Crippen molar-refractivity contribution in [1.29, 1.82) is 0 Å². The third-order valence-corrected chi connectivity index (χ3v) is 9.60. The maximum absolute atomic E-state index is 13.7. The molecule has 0 radical (unpaired) electrons. The van der Waals surface area contributed by atoms with Crippen LogP contribution in [0.1, 0.15) is 40.2 Å². The molecule has 4 rings (SSSR count). The molecule has 2 aromatic rings. The first-order chi connectivity index (χ1) is 22.2. The van der Waals surface area contributed by atoms with Gasteiger partial charge in [-0.05, 0) is 62.9 Å². The van der Waals surface area contributed by atoms with Gasteiger partial charge in [-0.2, -0.15) is 4.31 Å². The van der Waals surface area contributed by atoms with Crippen molar-refractivity contribution in [3.05, 3.63) is 60.2 Å². The van der Waals surface area contributed by atoms with E-state index in [1.54, 1.807) is 32.9 Å². The Morgan fingerprint density at radius 1 is 1.00 bits per heavy atom. The first kappa shape index (κ1) is 36.4. The Morgan fingerprint density at radius 3 is 2.28 bits per heavy atom. The van der Waals surface area contributed by atoms with E-state index in [0.29, 0.717) is 5.75 Å². The molecule has 0 spiro atoms. The van der Waals surface area contributed by atoms with Gasteiger partial charge >= 0.3 is 12.2 Å². The van der Waals surface area contributed by atoms with E-state index in [1.807, 2.05) is 44.2 Å². The molecule has 2 aliphatic heterocycles. The molecular weight excluding hydrogens is 630 g/mol. The zero-order valence-corrected chi connectivity index (χ0v) is 28.6. The molecule has 13 nitrogen and oxygen atoms in total. The van der Waals surface area contributed by atoms with Crippen LogP contribution in [0.25, 0.3) is 0 Å². The topological polar surface area (TPSA) is 162 Å². The minimum atomic E-state index is -4.01. The van der Waals surface area contributed by atoms with Crippen LogP contribution in [0.15, 0.2) is 59.5 Å². The average Bonchev–Trinajstić information content (AvgIpc) is 3.58.